The van der Waals surface area contributed by atoms with Gasteiger partial charge in [-0.1, -0.05) is 23.4 Å². The predicted octanol–water partition coefficient (Wildman–Crippen LogP) is 2.30. The van der Waals surface area contributed by atoms with Gasteiger partial charge in [0.05, 0.1) is 16.3 Å². The van der Waals surface area contributed by atoms with Gasteiger partial charge in [-0.3, -0.25) is 9.89 Å². The molecule has 0 amide bonds. The average Bonchev–Trinajstić information content (AvgIpc) is 2.69. The maximum absolute atomic E-state index is 11.9. The lowest BCUT2D eigenvalue weighted by Gasteiger charge is -1.93. The van der Waals surface area contributed by atoms with Gasteiger partial charge in [0.15, 0.2) is 5.16 Å². The van der Waals surface area contributed by atoms with Crippen molar-refractivity contribution < 1.29 is 0 Å². The number of nitrogens with zero attached hydrogens (tertiary/aromatic N) is 3. The van der Waals surface area contributed by atoms with Crippen LogP contribution in [0.4, 0.5) is 0 Å². The number of halogens is 1. The van der Waals surface area contributed by atoms with Gasteiger partial charge in [0.2, 0.25) is 0 Å². The molecule has 3 rings (SSSR count). The summed E-state index contributed by atoms with van der Waals surface area (Å²) in [5.41, 5.74) is -0.283. The number of thiophene rings is 1. The van der Waals surface area contributed by atoms with Crippen molar-refractivity contribution in [2.75, 3.05) is 6.26 Å². The maximum atomic E-state index is 11.9. The molecule has 5 nitrogen and oxygen atoms in total. The van der Waals surface area contributed by atoms with Crippen LogP contribution in [-0.2, 0) is 0 Å². The first kappa shape index (κ1) is 10.9. The molecule has 0 unspecified atom stereocenters. The highest BCUT2D eigenvalue weighted by Gasteiger charge is 2.14. The SMILES string of the molecule is CSc1nc(=O)c2c(n1)sc1c(Cl)[nH]ncc12. The van der Waals surface area contributed by atoms with Gasteiger partial charge in [-0.25, -0.2) is 4.98 Å². The number of aromatic nitrogens is 4. The Morgan fingerprint density at radius 1 is 1.47 bits per heavy atom. The zero-order valence-corrected chi connectivity index (χ0v) is 10.9. The highest BCUT2D eigenvalue weighted by molar-refractivity contribution is 7.98. The fourth-order valence-electron chi connectivity index (χ4n) is 1.55. The van der Waals surface area contributed by atoms with Crippen LogP contribution >= 0.6 is 34.7 Å². The second-order valence-corrected chi connectivity index (χ2v) is 5.37. The topological polar surface area (TPSA) is 71.5 Å². The van der Waals surface area contributed by atoms with Gasteiger partial charge in [-0.05, 0) is 6.26 Å². The number of fused-ring (bicyclic) bond motifs is 3. The Labute approximate surface area is 108 Å². The summed E-state index contributed by atoms with van der Waals surface area (Å²) in [7, 11) is 0. The molecule has 3 aromatic rings. The van der Waals surface area contributed by atoms with E-state index in [1.165, 1.54) is 23.1 Å². The minimum absolute atomic E-state index is 0.283. The molecule has 0 aliphatic carbocycles. The Bertz CT molecular complexity index is 782. The summed E-state index contributed by atoms with van der Waals surface area (Å²) in [5, 5.41) is 8.60. The summed E-state index contributed by atoms with van der Waals surface area (Å²) in [6, 6.07) is 0. The highest BCUT2D eigenvalue weighted by atomic mass is 35.5. The fourth-order valence-corrected chi connectivity index (χ4v) is 3.26. The van der Waals surface area contributed by atoms with Crippen molar-refractivity contribution in [1.29, 1.82) is 0 Å². The van der Waals surface area contributed by atoms with Crippen LogP contribution in [0.25, 0.3) is 20.3 Å². The van der Waals surface area contributed by atoms with Crippen molar-refractivity contribution in [1.82, 2.24) is 20.2 Å². The monoisotopic (exact) mass is 284 g/mol. The van der Waals surface area contributed by atoms with Crippen LogP contribution < -0.4 is 5.56 Å². The molecule has 86 valence electrons. The summed E-state index contributed by atoms with van der Waals surface area (Å²) in [6.07, 6.45) is 3.40. The van der Waals surface area contributed by atoms with Crippen LogP contribution in [0, 0.1) is 0 Å². The maximum Gasteiger partial charge on any atom is 0.283 e. The first-order chi connectivity index (χ1) is 8.20. The third kappa shape index (κ3) is 1.62. The molecule has 3 aromatic heterocycles. The lowest BCUT2D eigenvalue weighted by molar-refractivity contribution is 0.984. The van der Waals surface area contributed by atoms with Crippen molar-refractivity contribution >= 4 is 55.0 Å². The Balaban J connectivity index is 2.56. The molecule has 0 fully saturated rings. The van der Waals surface area contributed by atoms with E-state index in [4.69, 9.17) is 11.6 Å². The van der Waals surface area contributed by atoms with E-state index < -0.39 is 0 Å². The van der Waals surface area contributed by atoms with E-state index in [1.54, 1.807) is 6.20 Å². The van der Waals surface area contributed by atoms with E-state index in [0.717, 1.165) is 4.70 Å². The van der Waals surface area contributed by atoms with Crippen molar-refractivity contribution in [2.24, 2.45) is 0 Å². The minimum atomic E-state index is -0.283. The number of thioether (sulfide) groups is 1. The van der Waals surface area contributed by atoms with Crippen LogP contribution in [0.5, 0.6) is 0 Å². The number of hydrogen-bond donors (Lipinski definition) is 1. The fraction of sp³-hybridized carbons (Fsp3) is 0.111. The van der Waals surface area contributed by atoms with E-state index in [1.807, 2.05) is 6.26 Å². The van der Waals surface area contributed by atoms with Crippen LogP contribution in [-0.4, -0.2) is 26.4 Å². The Morgan fingerprint density at radius 2 is 2.29 bits per heavy atom. The number of hydrogen-bond acceptors (Lipinski definition) is 6. The zero-order valence-electron chi connectivity index (χ0n) is 8.52. The molecule has 17 heavy (non-hydrogen) atoms. The first-order valence-corrected chi connectivity index (χ1v) is 7.00. The second kappa shape index (κ2) is 3.94. The van der Waals surface area contributed by atoms with E-state index in [0.29, 0.717) is 25.9 Å². The third-order valence-corrected chi connectivity index (χ3v) is 4.32. The van der Waals surface area contributed by atoms with Gasteiger partial charge >= 0.3 is 0 Å². The molecule has 0 aliphatic rings. The van der Waals surface area contributed by atoms with Gasteiger partial charge in [0.25, 0.3) is 5.56 Å². The molecule has 1 N–H and O–H groups in total. The number of H-pyrrole nitrogens is 1. The third-order valence-electron chi connectivity index (χ3n) is 2.27. The van der Waals surface area contributed by atoms with Crippen molar-refractivity contribution in [3.8, 4) is 0 Å². The minimum Gasteiger partial charge on any atom is -0.267 e. The molecule has 0 aliphatic heterocycles. The van der Waals surface area contributed by atoms with Crippen molar-refractivity contribution in [2.45, 2.75) is 5.16 Å². The number of aromatic amines is 1. The normalized spacial score (nSPS) is 11.4. The molecule has 8 heteroatoms. The molecule has 0 spiro atoms. The van der Waals surface area contributed by atoms with Crippen molar-refractivity contribution in [3.05, 3.63) is 21.7 Å². The lowest BCUT2D eigenvalue weighted by atomic mass is 10.3. The Hall–Kier alpha value is -1.18. The van der Waals surface area contributed by atoms with Gasteiger partial charge in [0, 0.05) is 5.39 Å². The van der Waals surface area contributed by atoms with Gasteiger partial charge in [0.1, 0.15) is 9.98 Å². The molecular formula is C9H5ClN4OS2. The van der Waals surface area contributed by atoms with Crippen LogP contribution in [0.2, 0.25) is 5.15 Å². The Kier molecular flexibility index (Phi) is 2.53. The van der Waals surface area contributed by atoms with Crippen LogP contribution in [0.15, 0.2) is 16.1 Å². The Morgan fingerprint density at radius 3 is 3.06 bits per heavy atom. The molecule has 3 heterocycles. The number of rotatable bonds is 1. The standard InChI is InChI=1S/C9H5ClN4OS2/c1-16-9-12-7(15)4-3-2-11-14-6(10)5(3)17-8(4)13-9/h2,14H,1H3. The molecular weight excluding hydrogens is 280 g/mol. The lowest BCUT2D eigenvalue weighted by Crippen LogP contribution is -2.07. The van der Waals surface area contributed by atoms with E-state index in [2.05, 4.69) is 20.2 Å². The van der Waals surface area contributed by atoms with E-state index in [9.17, 15) is 4.79 Å². The second-order valence-electron chi connectivity index (χ2n) is 3.22. The van der Waals surface area contributed by atoms with E-state index >= 15 is 0 Å². The largest absolute Gasteiger partial charge is 0.283 e. The van der Waals surface area contributed by atoms with Gasteiger partial charge in [-0.2, -0.15) is 10.1 Å². The molecule has 0 atom stereocenters. The van der Waals surface area contributed by atoms with Crippen LogP contribution in [0.3, 0.4) is 0 Å². The smallest absolute Gasteiger partial charge is 0.267 e. The molecule has 0 saturated heterocycles. The average molecular weight is 285 g/mol. The highest BCUT2D eigenvalue weighted by Crippen LogP contribution is 2.33. The molecule has 0 aromatic carbocycles. The van der Waals surface area contributed by atoms with Gasteiger partial charge < -0.3 is 0 Å². The predicted molar refractivity (Wildman–Crippen MR) is 70.1 cm³/mol. The molecule has 0 radical (unpaired) electrons. The summed E-state index contributed by atoms with van der Waals surface area (Å²) < 4.78 is 0.779. The zero-order chi connectivity index (χ0) is 12.0. The number of nitrogens with one attached hydrogen (secondary N) is 1. The van der Waals surface area contributed by atoms with Crippen LogP contribution in [0.1, 0.15) is 0 Å². The summed E-state index contributed by atoms with van der Waals surface area (Å²) in [6.45, 7) is 0. The summed E-state index contributed by atoms with van der Waals surface area (Å²) in [5.74, 6) is 0. The summed E-state index contributed by atoms with van der Waals surface area (Å²) >= 11 is 8.70. The molecule has 0 bridgehead atoms. The van der Waals surface area contributed by atoms with Crippen molar-refractivity contribution in [3.63, 3.8) is 0 Å². The van der Waals surface area contributed by atoms with E-state index in [-0.39, 0.29) is 5.56 Å². The summed E-state index contributed by atoms with van der Waals surface area (Å²) in [4.78, 5) is 20.7. The van der Waals surface area contributed by atoms with Gasteiger partial charge in [-0.15, -0.1) is 11.3 Å². The molecule has 0 saturated carbocycles. The first-order valence-electron chi connectivity index (χ1n) is 4.58. The quantitative estimate of drug-likeness (QED) is 0.548.